The number of hydrogen-bond donors (Lipinski definition) is 2. The van der Waals surface area contributed by atoms with Crippen molar-refractivity contribution in [3.05, 3.63) is 96.8 Å². The maximum absolute atomic E-state index is 12.7. The van der Waals surface area contributed by atoms with Gasteiger partial charge in [0.05, 0.1) is 18.1 Å². The molecule has 2 aromatic heterocycles. The summed E-state index contributed by atoms with van der Waals surface area (Å²) in [7, 11) is 1.64. The van der Waals surface area contributed by atoms with Crippen molar-refractivity contribution in [1.29, 1.82) is 0 Å². The number of imidazole rings is 1. The predicted octanol–water partition coefficient (Wildman–Crippen LogP) is 5.28. The Morgan fingerprint density at radius 3 is 2.42 bits per heavy atom. The molecular weight excluding hydrogens is 388 g/mol. The summed E-state index contributed by atoms with van der Waals surface area (Å²) >= 11 is 0. The first-order chi connectivity index (χ1) is 15.2. The lowest BCUT2D eigenvalue weighted by Gasteiger charge is -2.07. The maximum atomic E-state index is 12.7. The number of aromatic amines is 1. The van der Waals surface area contributed by atoms with E-state index in [1.165, 1.54) is 0 Å². The van der Waals surface area contributed by atoms with E-state index in [2.05, 4.69) is 15.3 Å². The van der Waals surface area contributed by atoms with Gasteiger partial charge in [-0.25, -0.2) is 4.98 Å². The van der Waals surface area contributed by atoms with Crippen LogP contribution in [-0.4, -0.2) is 27.6 Å². The minimum absolute atomic E-state index is 0.159. The fourth-order valence-corrected chi connectivity index (χ4v) is 3.47. The molecule has 6 heteroatoms. The highest BCUT2D eigenvalue weighted by atomic mass is 16.5. The molecule has 0 aliphatic rings. The van der Waals surface area contributed by atoms with Gasteiger partial charge in [-0.1, -0.05) is 0 Å². The number of ether oxygens (including phenoxy) is 1. The van der Waals surface area contributed by atoms with Gasteiger partial charge in [-0.05, 0) is 78.9 Å². The lowest BCUT2D eigenvalue weighted by Crippen LogP contribution is -2.11. The summed E-state index contributed by atoms with van der Waals surface area (Å²) in [5.74, 6) is 1.40. The smallest absolute Gasteiger partial charge is 0.255 e. The van der Waals surface area contributed by atoms with Crippen LogP contribution in [0.15, 0.2) is 91.3 Å². The molecule has 31 heavy (non-hydrogen) atoms. The van der Waals surface area contributed by atoms with E-state index < -0.39 is 0 Å². The molecular formula is C25H20N4O2. The summed E-state index contributed by atoms with van der Waals surface area (Å²) in [4.78, 5) is 20.6. The average Bonchev–Trinajstić information content (AvgIpc) is 3.49. The largest absolute Gasteiger partial charge is 0.497 e. The van der Waals surface area contributed by atoms with E-state index in [1.807, 2.05) is 95.8 Å². The molecule has 2 heterocycles. The Balaban J connectivity index is 1.34. The lowest BCUT2D eigenvalue weighted by molar-refractivity contribution is 0.102. The standard InChI is InChI=1S/C25H20N4O2/c1-31-21-11-6-17(7-12-21)24-27-22-13-8-19(16-23(22)28-24)26-25(30)18-4-9-20(10-5-18)29-14-2-3-15-29/h2-16H,1H3,(H,26,30)(H,27,28). The molecule has 5 aromatic rings. The van der Waals surface area contributed by atoms with Gasteiger partial charge in [-0.3, -0.25) is 4.79 Å². The zero-order chi connectivity index (χ0) is 21.2. The van der Waals surface area contributed by atoms with E-state index in [0.717, 1.165) is 33.9 Å². The van der Waals surface area contributed by atoms with Crippen molar-refractivity contribution in [2.24, 2.45) is 0 Å². The van der Waals surface area contributed by atoms with E-state index in [-0.39, 0.29) is 5.91 Å². The fourth-order valence-electron chi connectivity index (χ4n) is 3.47. The number of anilines is 1. The Kier molecular flexibility index (Phi) is 4.72. The highest BCUT2D eigenvalue weighted by molar-refractivity contribution is 6.05. The van der Waals surface area contributed by atoms with Gasteiger partial charge in [-0.2, -0.15) is 0 Å². The van der Waals surface area contributed by atoms with Crippen LogP contribution < -0.4 is 10.1 Å². The number of rotatable bonds is 5. The highest BCUT2D eigenvalue weighted by Gasteiger charge is 2.10. The van der Waals surface area contributed by atoms with Crippen LogP contribution in [0, 0.1) is 0 Å². The molecule has 0 aliphatic heterocycles. The Morgan fingerprint density at radius 2 is 1.71 bits per heavy atom. The first-order valence-corrected chi connectivity index (χ1v) is 9.88. The molecule has 0 aliphatic carbocycles. The molecule has 0 saturated carbocycles. The maximum Gasteiger partial charge on any atom is 0.255 e. The van der Waals surface area contributed by atoms with E-state index in [4.69, 9.17) is 4.74 Å². The molecule has 0 saturated heterocycles. The molecule has 0 atom stereocenters. The number of nitrogens with zero attached hydrogens (tertiary/aromatic N) is 2. The number of carbonyl (C=O) groups excluding carboxylic acids is 1. The number of amides is 1. The molecule has 152 valence electrons. The number of hydrogen-bond acceptors (Lipinski definition) is 3. The third-order valence-corrected chi connectivity index (χ3v) is 5.14. The molecule has 3 aromatic carbocycles. The lowest BCUT2D eigenvalue weighted by atomic mass is 10.2. The first-order valence-electron chi connectivity index (χ1n) is 9.88. The van der Waals surface area contributed by atoms with E-state index in [0.29, 0.717) is 11.3 Å². The fraction of sp³-hybridized carbons (Fsp3) is 0.0400. The number of benzene rings is 3. The second kappa shape index (κ2) is 7.84. The van der Waals surface area contributed by atoms with Crippen molar-refractivity contribution in [3.8, 4) is 22.8 Å². The van der Waals surface area contributed by atoms with Gasteiger partial charge in [0.15, 0.2) is 0 Å². The molecule has 5 rings (SSSR count). The second-order valence-electron chi connectivity index (χ2n) is 7.14. The minimum Gasteiger partial charge on any atom is -0.497 e. The van der Waals surface area contributed by atoms with Gasteiger partial charge in [0.25, 0.3) is 5.91 Å². The zero-order valence-electron chi connectivity index (χ0n) is 16.9. The van der Waals surface area contributed by atoms with Gasteiger partial charge in [0.2, 0.25) is 0 Å². The summed E-state index contributed by atoms with van der Waals surface area (Å²) in [5.41, 5.74) is 4.96. The van der Waals surface area contributed by atoms with Crippen molar-refractivity contribution in [3.63, 3.8) is 0 Å². The summed E-state index contributed by atoms with van der Waals surface area (Å²) in [5, 5.41) is 2.96. The zero-order valence-corrected chi connectivity index (χ0v) is 16.9. The summed E-state index contributed by atoms with van der Waals surface area (Å²) in [6, 6.07) is 24.8. The van der Waals surface area contributed by atoms with Crippen molar-refractivity contribution in [2.45, 2.75) is 0 Å². The van der Waals surface area contributed by atoms with Crippen LogP contribution in [0.4, 0.5) is 5.69 Å². The summed E-state index contributed by atoms with van der Waals surface area (Å²) < 4.78 is 7.20. The summed E-state index contributed by atoms with van der Waals surface area (Å²) in [6.07, 6.45) is 3.93. The van der Waals surface area contributed by atoms with Crippen molar-refractivity contribution >= 4 is 22.6 Å². The monoisotopic (exact) mass is 408 g/mol. The van der Waals surface area contributed by atoms with Gasteiger partial charge in [-0.15, -0.1) is 0 Å². The third-order valence-electron chi connectivity index (χ3n) is 5.14. The van der Waals surface area contributed by atoms with Gasteiger partial charge >= 0.3 is 0 Å². The molecule has 1 amide bonds. The number of aromatic nitrogens is 3. The molecule has 0 fully saturated rings. The van der Waals surface area contributed by atoms with E-state index in [9.17, 15) is 4.79 Å². The van der Waals surface area contributed by atoms with Crippen molar-refractivity contribution in [1.82, 2.24) is 14.5 Å². The van der Waals surface area contributed by atoms with Crippen LogP contribution in [0.25, 0.3) is 28.1 Å². The summed E-state index contributed by atoms with van der Waals surface area (Å²) in [6.45, 7) is 0. The van der Waals surface area contributed by atoms with Crippen molar-refractivity contribution in [2.75, 3.05) is 12.4 Å². The number of fused-ring (bicyclic) bond motifs is 1. The second-order valence-corrected chi connectivity index (χ2v) is 7.14. The predicted molar refractivity (Wildman–Crippen MR) is 122 cm³/mol. The third kappa shape index (κ3) is 3.79. The number of methoxy groups -OCH3 is 1. The number of H-pyrrole nitrogens is 1. The van der Waals surface area contributed by atoms with Crippen LogP contribution in [0.3, 0.4) is 0 Å². The number of carbonyl (C=O) groups is 1. The average molecular weight is 408 g/mol. The van der Waals surface area contributed by atoms with Gasteiger partial charge < -0.3 is 19.6 Å². The first kappa shape index (κ1) is 18.7. The Morgan fingerprint density at radius 1 is 0.968 bits per heavy atom. The Labute approximate surface area is 179 Å². The van der Waals surface area contributed by atoms with Crippen LogP contribution in [0.5, 0.6) is 5.75 Å². The molecule has 0 bridgehead atoms. The molecule has 0 unspecified atom stereocenters. The SMILES string of the molecule is COc1ccc(-c2nc3ccc(NC(=O)c4ccc(-n5cccc5)cc4)cc3[nH]2)cc1. The van der Waals surface area contributed by atoms with Crippen LogP contribution >= 0.6 is 0 Å². The Bertz CT molecular complexity index is 1340. The van der Waals surface area contributed by atoms with E-state index >= 15 is 0 Å². The van der Waals surface area contributed by atoms with Crippen LogP contribution in [0.2, 0.25) is 0 Å². The molecule has 6 nitrogen and oxygen atoms in total. The minimum atomic E-state index is -0.159. The Hall–Kier alpha value is -4.32. The van der Waals surface area contributed by atoms with Crippen molar-refractivity contribution < 1.29 is 9.53 Å². The number of nitrogens with one attached hydrogen (secondary N) is 2. The van der Waals surface area contributed by atoms with Crippen LogP contribution in [-0.2, 0) is 0 Å². The van der Waals surface area contributed by atoms with Gasteiger partial charge in [0.1, 0.15) is 11.6 Å². The molecule has 2 N–H and O–H groups in total. The van der Waals surface area contributed by atoms with E-state index in [1.54, 1.807) is 7.11 Å². The molecule has 0 radical (unpaired) electrons. The molecule has 0 spiro atoms. The highest BCUT2D eigenvalue weighted by Crippen LogP contribution is 2.25. The normalized spacial score (nSPS) is 10.9. The topological polar surface area (TPSA) is 71.9 Å². The van der Waals surface area contributed by atoms with Crippen LogP contribution in [0.1, 0.15) is 10.4 Å². The quantitative estimate of drug-likeness (QED) is 0.415. The van der Waals surface area contributed by atoms with Gasteiger partial charge in [0, 0.05) is 34.9 Å².